The molecule has 0 saturated carbocycles. The lowest BCUT2D eigenvalue weighted by molar-refractivity contribution is 0.0934. The highest BCUT2D eigenvalue weighted by Crippen LogP contribution is 2.47. The van der Waals surface area contributed by atoms with Gasteiger partial charge in [-0.25, -0.2) is 0 Å². The van der Waals surface area contributed by atoms with Gasteiger partial charge in [0.05, 0.1) is 10.0 Å². The van der Waals surface area contributed by atoms with Gasteiger partial charge in [0.2, 0.25) is 0 Å². The van der Waals surface area contributed by atoms with Gasteiger partial charge in [0.15, 0.2) is 0 Å². The van der Waals surface area contributed by atoms with Crippen molar-refractivity contribution in [2.75, 3.05) is 5.32 Å². The van der Waals surface area contributed by atoms with Crippen LogP contribution in [0.5, 0.6) is 5.75 Å². The Morgan fingerprint density at radius 3 is 2.71 bits per heavy atom. The monoisotopic (exact) mass is 526 g/mol. The maximum absolute atomic E-state index is 13.0. The second-order valence-electron chi connectivity index (χ2n) is 8.37. The van der Waals surface area contributed by atoms with Crippen LogP contribution in [0.25, 0.3) is 0 Å². The van der Waals surface area contributed by atoms with Crippen LogP contribution in [0.4, 0.5) is 5.00 Å². The molecule has 0 unspecified atom stereocenters. The summed E-state index contributed by atoms with van der Waals surface area (Å²) in [5, 5.41) is 17.6. The summed E-state index contributed by atoms with van der Waals surface area (Å²) < 4.78 is 1.44. The van der Waals surface area contributed by atoms with Crippen LogP contribution < -0.4 is 10.6 Å². The smallest absolute Gasteiger partial charge is 0.256 e. The fourth-order valence-corrected chi connectivity index (χ4v) is 6.76. The lowest BCUT2D eigenvalue weighted by atomic mass is 9.69. The normalized spacial score (nSPS) is 21.5. The predicted molar refractivity (Wildman–Crippen MR) is 121 cm³/mol. The minimum absolute atomic E-state index is 0.0289. The molecule has 4 rings (SSSR count). The molecule has 2 aromatic rings. The lowest BCUT2D eigenvalue weighted by Gasteiger charge is -2.36. The third kappa shape index (κ3) is 3.39. The van der Waals surface area contributed by atoms with Crippen LogP contribution >= 0.6 is 43.2 Å². The number of phenolic OH excluding ortho intramolecular Hbond substituents is 1. The Morgan fingerprint density at radius 2 is 2.00 bits per heavy atom. The van der Waals surface area contributed by atoms with Crippen molar-refractivity contribution in [1.29, 1.82) is 0 Å². The molecule has 2 atom stereocenters. The van der Waals surface area contributed by atoms with Gasteiger partial charge in [0.1, 0.15) is 16.9 Å². The van der Waals surface area contributed by atoms with Gasteiger partial charge >= 0.3 is 0 Å². The van der Waals surface area contributed by atoms with E-state index in [-0.39, 0.29) is 17.8 Å². The fourth-order valence-electron chi connectivity index (χ4n) is 4.18. The predicted octanol–water partition coefficient (Wildman–Crippen LogP) is 6.37. The first-order valence-corrected chi connectivity index (χ1v) is 12.0. The zero-order chi connectivity index (χ0) is 20.2. The summed E-state index contributed by atoms with van der Waals surface area (Å²) in [7, 11) is 0. The molecule has 0 spiro atoms. The number of hydrogen-bond acceptors (Lipinski definition) is 4. The first-order chi connectivity index (χ1) is 13.2. The first kappa shape index (κ1) is 20.2. The van der Waals surface area contributed by atoms with E-state index in [1.165, 1.54) is 16.9 Å². The molecule has 1 amide bonds. The zero-order valence-electron chi connectivity index (χ0n) is 16.2. The van der Waals surface area contributed by atoms with Crippen molar-refractivity contribution in [2.24, 2.45) is 11.3 Å². The van der Waals surface area contributed by atoms with Gasteiger partial charge < -0.3 is 15.7 Å². The topological polar surface area (TPSA) is 61.4 Å². The summed E-state index contributed by atoms with van der Waals surface area (Å²) in [5.74, 6) is 0.774. The number of phenols is 1. The number of nitrogens with one attached hydrogen (secondary N) is 2. The number of carbonyl (C=O) groups is 1. The van der Waals surface area contributed by atoms with Crippen molar-refractivity contribution in [3.05, 3.63) is 42.6 Å². The van der Waals surface area contributed by atoms with Crippen molar-refractivity contribution in [3.8, 4) is 5.75 Å². The van der Waals surface area contributed by atoms with Crippen LogP contribution in [0, 0.1) is 11.3 Å². The number of anilines is 1. The SMILES string of the molecule is CCC(C)(C)[C@H]1CCc2c(sc3c2C(=O)N[C@H](c2cc(O)c(Br)cc2Br)N3)C1. The number of hydrogen-bond donors (Lipinski definition) is 3. The lowest BCUT2D eigenvalue weighted by Crippen LogP contribution is -2.38. The van der Waals surface area contributed by atoms with E-state index >= 15 is 0 Å². The quantitative estimate of drug-likeness (QED) is 0.434. The van der Waals surface area contributed by atoms with E-state index < -0.39 is 0 Å². The summed E-state index contributed by atoms with van der Waals surface area (Å²) in [6, 6.07) is 3.47. The molecule has 7 heteroatoms. The Labute approximate surface area is 186 Å². The van der Waals surface area contributed by atoms with E-state index in [9.17, 15) is 9.90 Å². The van der Waals surface area contributed by atoms with E-state index in [0.29, 0.717) is 15.8 Å². The highest BCUT2D eigenvalue weighted by Gasteiger charge is 2.37. The van der Waals surface area contributed by atoms with Crippen molar-refractivity contribution in [1.82, 2.24) is 5.32 Å². The van der Waals surface area contributed by atoms with Gasteiger partial charge in [-0.15, -0.1) is 11.3 Å². The second-order valence-corrected chi connectivity index (χ2v) is 11.2. The van der Waals surface area contributed by atoms with Crippen LogP contribution in [-0.4, -0.2) is 11.0 Å². The standard InChI is InChI=1S/C21H24Br2N2O2S/c1-4-21(2,3)10-5-6-11-16(7-10)28-20-17(11)19(27)24-18(25-20)12-8-15(26)14(23)9-13(12)22/h8-10,18,25-26H,4-7H2,1-3H3,(H,24,27)/t10-,18-/m0/s1. The third-order valence-corrected chi connectivity index (χ3v) is 8.94. The zero-order valence-corrected chi connectivity index (χ0v) is 20.1. The maximum atomic E-state index is 13.0. The molecule has 1 aromatic carbocycles. The molecule has 28 heavy (non-hydrogen) atoms. The number of fused-ring (bicyclic) bond motifs is 3. The molecule has 4 nitrogen and oxygen atoms in total. The molecular formula is C21H24Br2N2O2S. The van der Waals surface area contributed by atoms with E-state index in [1.54, 1.807) is 23.5 Å². The minimum Gasteiger partial charge on any atom is -0.507 e. The molecule has 1 aliphatic heterocycles. The van der Waals surface area contributed by atoms with Crippen LogP contribution in [0.3, 0.4) is 0 Å². The van der Waals surface area contributed by atoms with Crippen molar-refractivity contribution in [2.45, 2.75) is 52.6 Å². The van der Waals surface area contributed by atoms with E-state index in [2.05, 4.69) is 63.3 Å². The Bertz CT molecular complexity index is 954. The molecule has 2 heterocycles. The molecule has 2 aliphatic rings. The van der Waals surface area contributed by atoms with E-state index in [0.717, 1.165) is 39.9 Å². The maximum Gasteiger partial charge on any atom is 0.256 e. The van der Waals surface area contributed by atoms with Crippen molar-refractivity contribution in [3.63, 3.8) is 0 Å². The third-order valence-electron chi connectivity index (χ3n) is 6.44. The highest BCUT2D eigenvalue weighted by atomic mass is 79.9. The Hall–Kier alpha value is -1.05. The van der Waals surface area contributed by atoms with Crippen molar-refractivity contribution < 1.29 is 9.90 Å². The highest BCUT2D eigenvalue weighted by molar-refractivity contribution is 9.11. The molecule has 0 radical (unpaired) electrons. The van der Waals surface area contributed by atoms with Crippen LogP contribution in [0.15, 0.2) is 21.1 Å². The van der Waals surface area contributed by atoms with Crippen LogP contribution in [0.1, 0.15) is 66.1 Å². The first-order valence-electron chi connectivity index (χ1n) is 9.61. The Balaban J connectivity index is 1.66. The summed E-state index contributed by atoms with van der Waals surface area (Å²) in [6.07, 6.45) is 3.95. The molecular weight excluding hydrogens is 504 g/mol. The fraction of sp³-hybridized carbons (Fsp3) is 0.476. The molecule has 0 fully saturated rings. The number of thiophene rings is 1. The molecule has 1 aliphatic carbocycles. The number of rotatable bonds is 3. The molecule has 3 N–H and O–H groups in total. The molecule has 150 valence electrons. The number of amides is 1. The Morgan fingerprint density at radius 1 is 1.25 bits per heavy atom. The summed E-state index contributed by atoms with van der Waals surface area (Å²) in [4.78, 5) is 14.3. The van der Waals surface area contributed by atoms with Gasteiger partial charge in [-0.1, -0.05) is 43.1 Å². The molecule has 0 saturated heterocycles. The van der Waals surface area contributed by atoms with Crippen LogP contribution in [-0.2, 0) is 12.8 Å². The van der Waals surface area contributed by atoms with Crippen LogP contribution in [0.2, 0.25) is 0 Å². The van der Waals surface area contributed by atoms with Gasteiger partial charge in [0, 0.05) is 14.9 Å². The number of benzene rings is 1. The largest absolute Gasteiger partial charge is 0.507 e. The minimum atomic E-state index is -0.378. The van der Waals surface area contributed by atoms with E-state index in [4.69, 9.17) is 0 Å². The number of aromatic hydroxyl groups is 1. The summed E-state index contributed by atoms with van der Waals surface area (Å²) in [5.41, 5.74) is 3.17. The van der Waals surface area contributed by atoms with Gasteiger partial charge in [-0.2, -0.15) is 0 Å². The molecule has 1 aromatic heterocycles. The number of carbonyl (C=O) groups excluding carboxylic acids is 1. The summed E-state index contributed by atoms with van der Waals surface area (Å²) >= 11 is 8.59. The van der Waals surface area contributed by atoms with Gasteiger partial charge in [-0.3, -0.25) is 4.79 Å². The van der Waals surface area contributed by atoms with E-state index in [1.807, 2.05) is 0 Å². The number of halogens is 2. The Kier molecular flexibility index (Phi) is 5.30. The molecule has 0 bridgehead atoms. The summed E-state index contributed by atoms with van der Waals surface area (Å²) in [6.45, 7) is 6.98. The average molecular weight is 528 g/mol. The second kappa shape index (κ2) is 7.33. The average Bonchev–Trinajstić information content (AvgIpc) is 3.02. The van der Waals surface area contributed by atoms with Gasteiger partial charge in [0.25, 0.3) is 5.91 Å². The van der Waals surface area contributed by atoms with Gasteiger partial charge in [-0.05, 0) is 64.2 Å². The van der Waals surface area contributed by atoms with Crippen molar-refractivity contribution >= 4 is 54.1 Å².